The second-order valence-electron chi connectivity index (χ2n) is 5.33. The summed E-state index contributed by atoms with van der Waals surface area (Å²) in [6.07, 6.45) is 2.58. The third kappa shape index (κ3) is 5.46. The van der Waals surface area contributed by atoms with Crippen molar-refractivity contribution in [1.29, 1.82) is 0 Å². The Bertz CT molecular complexity index is 397. The summed E-state index contributed by atoms with van der Waals surface area (Å²) >= 11 is 0. The molecular formula is C12H24N2O4S. The molecule has 0 aromatic rings. The van der Waals surface area contributed by atoms with E-state index in [9.17, 15) is 13.2 Å². The minimum absolute atomic E-state index is 0.00454. The number of carboxylic acid groups (broad SMARTS) is 1. The van der Waals surface area contributed by atoms with Crippen molar-refractivity contribution in [1.82, 2.24) is 9.03 Å². The molecule has 6 nitrogen and oxygen atoms in total. The molecule has 0 bridgehead atoms. The van der Waals surface area contributed by atoms with E-state index in [0.29, 0.717) is 25.4 Å². The van der Waals surface area contributed by atoms with E-state index in [2.05, 4.69) is 4.72 Å². The highest BCUT2D eigenvalue weighted by Crippen LogP contribution is 2.18. The van der Waals surface area contributed by atoms with Gasteiger partial charge >= 0.3 is 5.97 Å². The van der Waals surface area contributed by atoms with Crippen LogP contribution in [-0.4, -0.2) is 43.4 Å². The highest BCUT2D eigenvalue weighted by Gasteiger charge is 2.27. The summed E-state index contributed by atoms with van der Waals surface area (Å²) in [5.74, 6) is -0.668. The van der Waals surface area contributed by atoms with Crippen molar-refractivity contribution >= 4 is 16.2 Å². The summed E-state index contributed by atoms with van der Waals surface area (Å²) in [4.78, 5) is 10.7. The van der Waals surface area contributed by atoms with E-state index < -0.39 is 16.2 Å². The zero-order valence-corrected chi connectivity index (χ0v) is 12.4. The van der Waals surface area contributed by atoms with Crippen LogP contribution in [0.5, 0.6) is 0 Å². The molecule has 1 heterocycles. The van der Waals surface area contributed by atoms with Crippen LogP contribution in [0.4, 0.5) is 0 Å². The van der Waals surface area contributed by atoms with Gasteiger partial charge in [0, 0.05) is 26.1 Å². The van der Waals surface area contributed by atoms with E-state index in [1.165, 1.54) is 4.31 Å². The lowest BCUT2D eigenvalue weighted by Crippen LogP contribution is -2.46. The Labute approximate surface area is 115 Å². The summed E-state index contributed by atoms with van der Waals surface area (Å²) in [5.41, 5.74) is 0. The number of nitrogens with zero attached hydrogens (tertiary/aromatic N) is 1. The van der Waals surface area contributed by atoms with Crippen LogP contribution < -0.4 is 4.72 Å². The van der Waals surface area contributed by atoms with Gasteiger partial charge in [-0.3, -0.25) is 4.79 Å². The number of rotatable bonds is 7. The maximum Gasteiger partial charge on any atom is 0.303 e. The van der Waals surface area contributed by atoms with Gasteiger partial charge in [-0.15, -0.1) is 0 Å². The Kier molecular flexibility index (Phi) is 6.22. The minimum Gasteiger partial charge on any atom is -0.481 e. The standard InChI is InChI=1S/C12H24N2O4S/c1-3-11(7-12(15)16)8-13-19(17,18)14-6-4-5-10(2)9-14/h10-11,13H,3-9H2,1-2H3,(H,15,16). The van der Waals surface area contributed by atoms with E-state index in [0.717, 1.165) is 12.8 Å². The fourth-order valence-corrected chi connectivity index (χ4v) is 3.74. The van der Waals surface area contributed by atoms with Crippen molar-refractivity contribution in [3.05, 3.63) is 0 Å². The van der Waals surface area contributed by atoms with E-state index in [4.69, 9.17) is 5.11 Å². The maximum absolute atomic E-state index is 12.1. The molecule has 1 fully saturated rings. The number of nitrogens with one attached hydrogen (secondary N) is 1. The molecule has 0 spiro atoms. The highest BCUT2D eigenvalue weighted by molar-refractivity contribution is 7.87. The molecule has 1 rings (SSSR count). The number of hydrogen-bond acceptors (Lipinski definition) is 3. The van der Waals surface area contributed by atoms with Gasteiger partial charge in [0.25, 0.3) is 10.2 Å². The van der Waals surface area contributed by atoms with Crippen LogP contribution in [-0.2, 0) is 15.0 Å². The average molecular weight is 292 g/mol. The van der Waals surface area contributed by atoms with Crippen molar-refractivity contribution in [2.24, 2.45) is 11.8 Å². The largest absolute Gasteiger partial charge is 0.481 e. The predicted octanol–water partition coefficient (Wildman–Crippen LogP) is 1.05. The highest BCUT2D eigenvalue weighted by atomic mass is 32.2. The van der Waals surface area contributed by atoms with Crippen molar-refractivity contribution in [3.8, 4) is 0 Å². The molecule has 112 valence electrons. The van der Waals surface area contributed by atoms with Gasteiger partial charge < -0.3 is 5.11 Å². The molecule has 7 heteroatoms. The molecule has 2 N–H and O–H groups in total. The Morgan fingerprint density at radius 1 is 1.53 bits per heavy atom. The smallest absolute Gasteiger partial charge is 0.303 e. The van der Waals surface area contributed by atoms with E-state index in [1.54, 1.807) is 0 Å². The topological polar surface area (TPSA) is 86.7 Å². The average Bonchev–Trinajstić information content (AvgIpc) is 2.34. The Hall–Kier alpha value is -0.660. The molecule has 19 heavy (non-hydrogen) atoms. The van der Waals surface area contributed by atoms with Crippen molar-refractivity contribution < 1.29 is 18.3 Å². The Balaban J connectivity index is 2.51. The SMILES string of the molecule is CCC(CNS(=O)(=O)N1CCCC(C)C1)CC(=O)O. The monoisotopic (exact) mass is 292 g/mol. The number of aliphatic carboxylic acids is 1. The van der Waals surface area contributed by atoms with Gasteiger partial charge in [-0.25, -0.2) is 4.72 Å². The van der Waals surface area contributed by atoms with Crippen LogP contribution in [0, 0.1) is 11.8 Å². The summed E-state index contributed by atoms with van der Waals surface area (Å²) in [6.45, 7) is 5.20. The first-order chi connectivity index (χ1) is 8.85. The molecule has 1 saturated heterocycles. The molecule has 0 aliphatic carbocycles. The van der Waals surface area contributed by atoms with Crippen LogP contribution in [0.2, 0.25) is 0 Å². The molecule has 0 radical (unpaired) electrons. The molecule has 2 atom stereocenters. The second kappa shape index (κ2) is 7.21. The Morgan fingerprint density at radius 2 is 2.21 bits per heavy atom. The number of hydrogen-bond donors (Lipinski definition) is 2. The molecule has 0 aromatic carbocycles. The van der Waals surface area contributed by atoms with Gasteiger partial charge in [0.15, 0.2) is 0 Å². The lowest BCUT2D eigenvalue weighted by Gasteiger charge is -2.30. The maximum atomic E-state index is 12.1. The van der Waals surface area contributed by atoms with Gasteiger partial charge in [0.1, 0.15) is 0 Å². The molecule has 0 amide bonds. The zero-order valence-electron chi connectivity index (χ0n) is 11.6. The van der Waals surface area contributed by atoms with E-state index in [1.807, 2.05) is 13.8 Å². The van der Waals surface area contributed by atoms with Crippen LogP contribution in [0.1, 0.15) is 39.5 Å². The number of piperidine rings is 1. The number of carbonyl (C=O) groups is 1. The van der Waals surface area contributed by atoms with E-state index in [-0.39, 0.29) is 18.9 Å². The van der Waals surface area contributed by atoms with Gasteiger partial charge in [0.05, 0.1) is 0 Å². The van der Waals surface area contributed by atoms with Crippen LogP contribution in [0.25, 0.3) is 0 Å². The summed E-state index contributed by atoms with van der Waals surface area (Å²) in [7, 11) is -3.47. The van der Waals surface area contributed by atoms with Crippen LogP contribution >= 0.6 is 0 Å². The molecular weight excluding hydrogens is 268 g/mol. The van der Waals surface area contributed by atoms with Crippen molar-refractivity contribution in [2.45, 2.75) is 39.5 Å². The van der Waals surface area contributed by atoms with Gasteiger partial charge in [0.2, 0.25) is 0 Å². The lowest BCUT2D eigenvalue weighted by molar-refractivity contribution is -0.138. The van der Waals surface area contributed by atoms with E-state index >= 15 is 0 Å². The Morgan fingerprint density at radius 3 is 2.74 bits per heavy atom. The quantitative estimate of drug-likeness (QED) is 0.734. The third-order valence-corrected chi connectivity index (χ3v) is 5.10. The van der Waals surface area contributed by atoms with Crippen molar-refractivity contribution in [2.75, 3.05) is 19.6 Å². The fraction of sp³-hybridized carbons (Fsp3) is 0.917. The van der Waals surface area contributed by atoms with Crippen molar-refractivity contribution in [3.63, 3.8) is 0 Å². The molecule has 1 aliphatic rings. The van der Waals surface area contributed by atoms with Crippen LogP contribution in [0.15, 0.2) is 0 Å². The normalized spacial score (nSPS) is 23.2. The van der Waals surface area contributed by atoms with Crippen LogP contribution in [0.3, 0.4) is 0 Å². The van der Waals surface area contributed by atoms with Gasteiger partial charge in [-0.1, -0.05) is 20.3 Å². The minimum atomic E-state index is -3.47. The summed E-state index contributed by atoms with van der Waals surface area (Å²) in [6, 6.07) is 0. The second-order valence-corrected chi connectivity index (χ2v) is 7.09. The van der Waals surface area contributed by atoms with Gasteiger partial charge in [-0.2, -0.15) is 12.7 Å². The molecule has 2 unspecified atom stereocenters. The lowest BCUT2D eigenvalue weighted by atomic mass is 10.0. The summed E-state index contributed by atoms with van der Waals surface area (Å²) < 4.78 is 28.2. The third-order valence-electron chi connectivity index (χ3n) is 3.55. The summed E-state index contributed by atoms with van der Waals surface area (Å²) in [5, 5.41) is 8.74. The zero-order chi connectivity index (χ0) is 14.5. The first kappa shape index (κ1) is 16.4. The first-order valence-corrected chi connectivity index (χ1v) is 8.25. The number of carboxylic acids is 1. The molecule has 0 aromatic heterocycles. The molecule has 0 saturated carbocycles. The van der Waals surface area contributed by atoms with Gasteiger partial charge in [-0.05, 0) is 24.7 Å². The molecule has 1 aliphatic heterocycles. The first-order valence-electron chi connectivity index (χ1n) is 6.81. The predicted molar refractivity (Wildman–Crippen MR) is 72.9 cm³/mol. The fourth-order valence-electron chi connectivity index (χ4n) is 2.29.